The first kappa shape index (κ1) is 23.9. The van der Waals surface area contributed by atoms with Gasteiger partial charge in [-0.2, -0.15) is 0 Å². The number of carbonyl (C=O) groups is 1. The number of nitrogens with zero attached hydrogens (tertiary/aromatic N) is 4. The Morgan fingerprint density at radius 1 is 1.03 bits per heavy atom. The van der Waals surface area contributed by atoms with E-state index in [0.29, 0.717) is 23.3 Å². The van der Waals surface area contributed by atoms with Crippen LogP contribution >= 0.6 is 0 Å². The van der Waals surface area contributed by atoms with Gasteiger partial charge < -0.3 is 15.5 Å². The summed E-state index contributed by atoms with van der Waals surface area (Å²) >= 11 is 0. The second-order valence-electron chi connectivity index (χ2n) is 9.88. The standard InChI is InChI=1S/C29H32N6O/c1-19(2)32-25-14-24(16-30-18-25)26-8-7-23-17-31-28(15-27(23)33-26)34-29(36)22-6-4-5-21(13-22)20-9-11-35(3)12-10-20/h4-8,13-20,32H,9-12H2,1-3H3,(H,31,34,36). The molecule has 1 saturated heterocycles. The first-order valence-corrected chi connectivity index (χ1v) is 12.5. The highest BCUT2D eigenvalue weighted by atomic mass is 16.1. The molecule has 0 bridgehead atoms. The number of fused-ring (bicyclic) bond motifs is 1. The maximum atomic E-state index is 13.1. The number of rotatable bonds is 6. The van der Waals surface area contributed by atoms with E-state index in [-0.39, 0.29) is 5.91 Å². The maximum absolute atomic E-state index is 13.1. The molecule has 0 radical (unpaired) electrons. The van der Waals surface area contributed by atoms with Gasteiger partial charge in [0.05, 0.1) is 16.9 Å². The highest BCUT2D eigenvalue weighted by Crippen LogP contribution is 2.28. The highest BCUT2D eigenvalue weighted by molar-refractivity contribution is 6.04. The molecule has 0 spiro atoms. The summed E-state index contributed by atoms with van der Waals surface area (Å²) in [6.07, 6.45) is 7.60. The number of amides is 1. The minimum absolute atomic E-state index is 0.163. The maximum Gasteiger partial charge on any atom is 0.256 e. The molecule has 7 nitrogen and oxygen atoms in total. The lowest BCUT2D eigenvalue weighted by Crippen LogP contribution is -2.29. The minimum Gasteiger partial charge on any atom is -0.382 e. The zero-order valence-electron chi connectivity index (χ0n) is 21.0. The topological polar surface area (TPSA) is 83.0 Å². The van der Waals surface area contributed by atoms with Crippen molar-refractivity contribution < 1.29 is 4.79 Å². The van der Waals surface area contributed by atoms with Crippen LogP contribution in [0.1, 0.15) is 48.5 Å². The quantitative estimate of drug-likeness (QED) is 0.375. The van der Waals surface area contributed by atoms with Gasteiger partial charge in [-0.3, -0.25) is 9.78 Å². The Bertz CT molecular complexity index is 1380. The molecule has 0 saturated carbocycles. The fourth-order valence-electron chi connectivity index (χ4n) is 4.70. The van der Waals surface area contributed by atoms with E-state index >= 15 is 0 Å². The van der Waals surface area contributed by atoms with E-state index in [9.17, 15) is 4.79 Å². The van der Waals surface area contributed by atoms with Crippen molar-refractivity contribution in [1.82, 2.24) is 19.9 Å². The van der Waals surface area contributed by atoms with E-state index in [4.69, 9.17) is 4.98 Å². The van der Waals surface area contributed by atoms with E-state index in [2.05, 4.69) is 52.5 Å². The summed E-state index contributed by atoms with van der Waals surface area (Å²) in [5.74, 6) is 0.818. The predicted octanol–water partition coefficient (Wildman–Crippen LogP) is 5.57. The van der Waals surface area contributed by atoms with Crippen LogP contribution in [0, 0.1) is 0 Å². The number of nitrogens with one attached hydrogen (secondary N) is 2. The van der Waals surface area contributed by atoms with Crippen molar-refractivity contribution in [1.29, 1.82) is 0 Å². The molecule has 5 rings (SSSR count). The van der Waals surface area contributed by atoms with Gasteiger partial charge in [0.15, 0.2) is 0 Å². The summed E-state index contributed by atoms with van der Waals surface area (Å²) in [5, 5.41) is 7.24. The van der Waals surface area contributed by atoms with Crippen molar-refractivity contribution in [3.63, 3.8) is 0 Å². The van der Waals surface area contributed by atoms with Crippen LogP contribution in [0.15, 0.2) is 67.1 Å². The number of carbonyl (C=O) groups excluding carboxylic acids is 1. The number of pyridine rings is 3. The number of hydrogen-bond acceptors (Lipinski definition) is 6. The van der Waals surface area contributed by atoms with Crippen LogP contribution in [0.3, 0.4) is 0 Å². The zero-order valence-corrected chi connectivity index (χ0v) is 21.0. The van der Waals surface area contributed by atoms with Crippen LogP contribution in [0.5, 0.6) is 0 Å². The Kier molecular flexibility index (Phi) is 6.91. The molecule has 4 heterocycles. The summed E-state index contributed by atoms with van der Waals surface area (Å²) in [6, 6.07) is 16.1. The van der Waals surface area contributed by atoms with Gasteiger partial charge in [0.2, 0.25) is 0 Å². The number of anilines is 2. The summed E-state index contributed by atoms with van der Waals surface area (Å²) in [4.78, 5) is 29.0. The van der Waals surface area contributed by atoms with Crippen molar-refractivity contribution in [2.24, 2.45) is 0 Å². The van der Waals surface area contributed by atoms with Gasteiger partial charge in [0, 0.05) is 47.2 Å². The molecule has 3 aromatic heterocycles. The van der Waals surface area contributed by atoms with E-state index in [1.807, 2.05) is 48.7 Å². The van der Waals surface area contributed by atoms with E-state index < -0.39 is 0 Å². The van der Waals surface area contributed by atoms with Crippen LogP contribution in [-0.2, 0) is 0 Å². The molecule has 4 aromatic rings. The normalized spacial score (nSPS) is 14.8. The first-order chi connectivity index (χ1) is 17.4. The molecule has 1 fully saturated rings. The molecular formula is C29H32N6O. The Morgan fingerprint density at radius 3 is 2.67 bits per heavy atom. The second kappa shape index (κ2) is 10.4. The van der Waals surface area contributed by atoms with E-state index in [1.54, 1.807) is 12.4 Å². The number of likely N-dealkylation sites (tertiary alicyclic amines) is 1. The molecule has 2 N–H and O–H groups in total. The Hall–Kier alpha value is -3.84. The first-order valence-electron chi connectivity index (χ1n) is 12.5. The molecule has 0 aliphatic carbocycles. The van der Waals surface area contributed by atoms with Crippen LogP contribution < -0.4 is 10.6 Å². The van der Waals surface area contributed by atoms with Gasteiger partial charge in [-0.05, 0) is 88.6 Å². The summed E-state index contributed by atoms with van der Waals surface area (Å²) in [6.45, 7) is 6.36. The molecule has 36 heavy (non-hydrogen) atoms. The molecule has 7 heteroatoms. The number of benzene rings is 1. The van der Waals surface area contributed by atoms with Gasteiger partial charge in [-0.15, -0.1) is 0 Å². The molecule has 1 aliphatic heterocycles. The second-order valence-corrected chi connectivity index (χ2v) is 9.88. The third kappa shape index (κ3) is 5.52. The largest absolute Gasteiger partial charge is 0.382 e. The summed E-state index contributed by atoms with van der Waals surface area (Å²) < 4.78 is 0. The molecule has 0 unspecified atom stereocenters. The monoisotopic (exact) mass is 480 g/mol. The van der Waals surface area contributed by atoms with Gasteiger partial charge in [0.1, 0.15) is 5.82 Å². The zero-order chi connectivity index (χ0) is 25.1. The van der Waals surface area contributed by atoms with Gasteiger partial charge in [-0.25, -0.2) is 9.97 Å². The lowest BCUT2D eigenvalue weighted by Gasteiger charge is -2.29. The van der Waals surface area contributed by atoms with Crippen molar-refractivity contribution in [3.8, 4) is 11.3 Å². The lowest BCUT2D eigenvalue weighted by molar-refractivity contribution is 0.102. The third-order valence-electron chi connectivity index (χ3n) is 6.64. The number of piperidine rings is 1. The molecule has 1 aliphatic rings. The molecule has 1 amide bonds. The Labute approximate surface area is 212 Å². The number of hydrogen-bond donors (Lipinski definition) is 2. The smallest absolute Gasteiger partial charge is 0.256 e. The van der Waals surface area contributed by atoms with Gasteiger partial charge >= 0.3 is 0 Å². The Morgan fingerprint density at radius 2 is 1.86 bits per heavy atom. The van der Waals surface area contributed by atoms with Crippen molar-refractivity contribution in [2.45, 2.75) is 38.6 Å². The predicted molar refractivity (Wildman–Crippen MR) is 145 cm³/mol. The third-order valence-corrected chi connectivity index (χ3v) is 6.64. The minimum atomic E-state index is -0.163. The lowest BCUT2D eigenvalue weighted by atomic mass is 9.89. The highest BCUT2D eigenvalue weighted by Gasteiger charge is 2.19. The van der Waals surface area contributed by atoms with Gasteiger partial charge in [0.25, 0.3) is 5.91 Å². The Balaban J connectivity index is 1.35. The number of aromatic nitrogens is 3. The van der Waals surface area contributed by atoms with Crippen molar-refractivity contribution in [2.75, 3.05) is 30.8 Å². The molecular weight excluding hydrogens is 448 g/mol. The molecule has 1 aromatic carbocycles. The average molecular weight is 481 g/mol. The summed E-state index contributed by atoms with van der Waals surface area (Å²) in [7, 11) is 2.16. The fraction of sp³-hybridized carbons (Fsp3) is 0.310. The average Bonchev–Trinajstić information content (AvgIpc) is 2.88. The van der Waals surface area contributed by atoms with E-state index in [1.165, 1.54) is 5.56 Å². The summed E-state index contributed by atoms with van der Waals surface area (Å²) in [5.41, 5.74) is 5.34. The van der Waals surface area contributed by atoms with Crippen molar-refractivity contribution >= 4 is 28.3 Å². The van der Waals surface area contributed by atoms with Crippen LogP contribution in [0.4, 0.5) is 11.5 Å². The SMILES string of the molecule is CC(C)Nc1cncc(-c2ccc3cnc(NC(=O)c4cccc(C5CCN(C)CC5)c4)cc3n2)c1. The van der Waals surface area contributed by atoms with Crippen LogP contribution in [-0.4, -0.2) is 51.9 Å². The van der Waals surface area contributed by atoms with E-state index in [0.717, 1.165) is 53.8 Å². The van der Waals surface area contributed by atoms with Crippen LogP contribution in [0.2, 0.25) is 0 Å². The van der Waals surface area contributed by atoms with Crippen LogP contribution in [0.25, 0.3) is 22.2 Å². The van der Waals surface area contributed by atoms with Gasteiger partial charge in [-0.1, -0.05) is 12.1 Å². The van der Waals surface area contributed by atoms with Crippen molar-refractivity contribution in [3.05, 3.63) is 78.2 Å². The fourth-order valence-corrected chi connectivity index (χ4v) is 4.70. The molecule has 184 valence electrons. The molecule has 0 atom stereocenters.